The number of hydrogen-bond donors (Lipinski definition) is 1. The lowest BCUT2D eigenvalue weighted by Crippen LogP contribution is -2.48. The van der Waals surface area contributed by atoms with E-state index in [9.17, 15) is 9.59 Å². The van der Waals surface area contributed by atoms with E-state index in [4.69, 9.17) is 15.2 Å². The number of carbonyl (C=O) groups excluding carboxylic acids is 2. The van der Waals surface area contributed by atoms with E-state index >= 15 is 0 Å². The number of carbonyl (C=O) groups is 2. The predicted molar refractivity (Wildman–Crippen MR) is 94.4 cm³/mol. The van der Waals surface area contributed by atoms with Crippen molar-refractivity contribution in [1.29, 1.82) is 0 Å². The molecule has 1 heterocycles. The van der Waals surface area contributed by atoms with Gasteiger partial charge in [0.05, 0.1) is 6.10 Å². The number of ether oxygens (including phenoxy) is 2. The van der Waals surface area contributed by atoms with Crippen molar-refractivity contribution in [2.75, 3.05) is 33.2 Å². The molecule has 0 unspecified atom stereocenters. The van der Waals surface area contributed by atoms with Crippen molar-refractivity contribution in [3.63, 3.8) is 0 Å². The van der Waals surface area contributed by atoms with Gasteiger partial charge >= 0.3 is 12.1 Å². The van der Waals surface area contributed by atoms with E-state index in [0.29, 0.717) is 25.3 Å². The third-order valence-electron chi connectivity index (χ3n) is 4.00. The molecule has 138 valence electrons. The fourth-order valence-electron chi connectivity index (χ4n) is 2.50. The summed E-state index contributed by atoms with van der Waals surface area (Å²) in [7, 11) is 2.03. The summed E-state index contributed by atoms with van der Waals surface area (Å²) in [5, 5.41) is 0. The number of piperazine rings is 1. The number of likely N-dealkylation sites (N-methyl/N-ethyl adjacent to an activating group) is 1. The molecule has 1 aliphatic rings. The van der Waals surface area contributed by atoms with Crippen LogP contribution in [0.2, 0.25) is 0 Å². The van der Waals surface area contributed by atoms with Crippen LogP contribution < -0.4 is 10.5 Å². The lowest BCUT2D eigenvalue weighted by molar-refractivity contribution is -0.148. The molecule has 1 fully saturated rings. The molecule has 1 atom stereocenters. The minimum Gasteiger partial charge on any atom is -0.462 e. The summed E-state index contributed by atoms with van der Waals surface area (Å²) < 4.78 is 10.5. The molecule has 7 nitrogen and oxygen atoms in total. The van der Waals surface area contributed by atoms with Crippen molar-refractivity contribution < 1.29 is 19.1 Å². The Morgan fingerprint density at radius 3 is 2.28 bits per heavy atom. The Hall–Kier alpha value is -2.12. The number of hydrogen-bond acceptors (Lipinski definition) is 6. The quantitative estimate of drug-likeness (QED) is 0.806. The first-order valence-electron chi connectivity index (χ1n) is 8.55. The van der Waals surface area contributed by atoms with Crippen molar-refractivity contribution >= 4 is 12.1 Å². The topological polar surface area (TPSA) is 85.1 Å². The summed E-state index contributed by atoms with van der Waals surface area (Å²) in [6.45, 7) is 6.60. The van der Waals surface area contributed by atoms with Crippen LogP contribution in [0.15, 0.2) is 24.3 Å². The van der Waals surface area contributed by atoms with E-state index in [2.05, 4.69) is 4.90 Å². The Bertz CT molecular complexity index is 580. The molecule has 7 heteroatoms. The highest BCUT2D eigenvalue weighted by molar-refractivity contribution is 5.76. The van der Waals surface area contributed by atoms with Gasteiger partial charge in [-0.3, -0.25) is 4.79 Å². The average molecular weight is 349 g/mol. The first-order chi connectivity index (χ1) is 11.8. The van der Waals surface area contributed by atoms with E-state index in [1.165, 1.54) is 0 Å². The fraction of sp³-hybridized carbons (Fsp3) is 0.556. The van der Waals surface area contributed by atoms with Gasteiger partial charge in [-0.15, -0.1) is 0 Å². The van der Waals surface area contributed by atoms with Crippen molar-refractivity contribution in [2.45, 2.75) is 32.4 Å². The summed E-state index contributed by atoms with van der Waals surface area (Å²) in [5.41, 5.74) is 6.74. The molecule has 0 spiro atoms. The maximum atomic E-state index is 12.1. The molecule has 0 aromatic heterocycles. The normalized spacial score (nSPS) is 16.6. The molecule has 0 bridgehead atoms. The largest absolute Gasteiger partial charge is 0.462 e. The van der Waals surface area contributed by atoms with Crippen LogP contribution in [0.25, 0.3) is 0 Å². The summed E-state index contributed by atoms with van der Waals surface area (Å²) in [5.74, 6) is 0.0616. The third kappa shape index (κ3) is 6.03. The van der Waals surface area contributed by atoms with E-state index in [-0.39, 0.29) is 12.2 Å². The summed E-state index contributed by atoms with van der Waals surface area (Å²) in [6.07, 6.45) is -0.147. The highest BCUT2D eigenvalue weighted by Crippen LogP contribution is 2.15. The minimum atomic E-state index is -0.707. The number of esters is 1. The zero-order chi connectivity index (χ0) is 18.4. The smallest absolute Gasteiger partial charge is 0.415 e. The molecule has 2 N–H and O–H groups in total. The van der Waals surface area contributed by atoms with Gasteiger partial charge < -0.3 is 25.0 Å². The summed E-state index contributed by atoms with van der Waals surface area (Å²) >= 11 is 0. The summed E-state index contributed by atoms with van der Waals surface area (Å²) in [6, 6.07) is 6.32. The van der Waals surface area contributed by atoms with Crippen LogP contribution in [0.5, 0.6) is 5.75 Å². The van der Waals surface area contributed by atoms with Crippen LogP contribution in [0.1, 0.15) is 19.4 Å². The monoisotopic (exact) mass is 349 g/mol. The fourth-order valence-corrected chi connectivity index (χ4v) is 2.50. The molecule has 1 aromatic rings. The highest BCUT2D eigenvalue weighted by Gasteiger charge is 2.21. The zero-order valence-corrected chi connectivity index (χ0v) is 15.1. The van der Waals surface area contributed by atoms with Crippen LogP contribution in [-0.2, 0) is 16.0 Å². The number of nitrogens with two attached hydrogens (primary N) is 1. The second kappa shape index (κ2) is 8.82. The lowest BCUT2D eigenvalue weighted by atomic mass is 10.1. The number of rotatable bonds is 5. The molecule has 1 aliphatic heterocycles. The van der Waals surface area contributed by atoms with Crippen LogP contribution in [-0.4, -0.2) is 67.2 Å². The Kier molecular flexibility index (Phi) is 6.78. The lowest BCUT2D eigenvalue weighted by Gasteiger charge is -2.31. The minimum absolute atomic E-state index is 0.185. The van der Waals surface area contributed by atoms with Crippen LogP contribution in [0.3, 0.4) is 0 Å². The van der Waals surface area contributed by atoms with Crippen molar-refractivity contribution in [1.82, 2.24) is 9.80 Å². The number of amides is 1. The molecule has 2 rings (SSSR count). The molecule has 1 saturated heterocycles. The average Bonchev–Trinajstić information content (AvgIpc) is 2.56. The van der Waals surface area contributed by atoms with Crippen molar-refractivity contribution in [3.8, 4) is 5.75 Å². The van der Waals surface area contributed by atoms with Crippen molar-refractivity contribution in [3.05, 3.63) is 29.8 Å². The first kappa shape index (κ1) is 19.2. The summed E-state index contributed by atoms with van der Waals surface area (Å²) in [4.78, 5) is 27.7. The van der Waals surface area contributed by atoms with Gasteiger partial charge in [0.15, 0.2) is 0 Å². The van der Waals surface area contributed by atoms with Gasteiger partial charge in [0.25, 0.3) is 0 Å². The van der Waals surface area contributed by atoms with Crippen LogP contribution in [0, 0.1) is 0 Å². The first-order valence-corrected chi connectivity index (χ1v) is 8.55. The molecule has 0 aliphatic carbocycles. The molecular formula is C18H27N3O4. The highest BCUT2D eigenvalue weighted by atomic mass is 16.6. The molecule has 25 heavy (non-hydrogen) atoms. The van der Waals surface area contributed by atoms with Crippen molar-refractivity contribution in [2.24, 2.45) is 5.73 Å². The van der Waals surface area contributed by atoms with E-state index in [1.54, 1.807) is 43.0 Å². The van der Waals surface area contributed by atoms with Crippen LogP contribution in [0.4, 0.5) is 4.79 Å². The number of nitrogens with zero attached hydrogens (tertiary/aromatic N) is 2. The molecule has 0 saturated carbocycles. The second-order valence-electron chi connectivity index (χ2n) is 6.60. The maximum absolute atomic E-state index is 12.1. The zero-order valence-electron chi connectivity index (χ0n) is 15.1. The SMILES string of the molecule is CC(C)OC(=O)[C@@H](N)Cc1ccc(OC(=O)N2CCN(C)CC2)cc1. The van der Waals surface area contributed by atoms with Gasteiger partial charge in [0, 0.05) is 26.2 Å². The second-order valence-corrected chi connectivity index (χ2v) is 6.60. The van der Waals surface area contributed by atoms with Gasteiger partial charge in [0.1, 0.15) is 11.8 Å². The van der Waals surface area contributed by atoms with Gasteiger partial charge in [-0.05, 0) is 45.0 Å². The van der Waals surface area contributed by atoms with Gasteiger partial charge in [-0.1, -0.05) is 12.1 Å². The molecule has 0 radical (unpaired) electrons. The van der Waals surface area contributed by atoms with Gasteiger partial charge in [0.2, 0.25) is 0 Å². The Morgan fingerprint density at radius 2 is 1.72 bits per heavy atom. The third-order valence-corrected chi connectivity index (χ3v) is 4.00. The Morgan fingerprint density at radius 1 is 1.12 bits per heavy atom. The maximum Gasteiger partial charge on any atom is 0.415 e. The predicted octanol–water partition coefficient (Wildman–Crippen LogP) is 1.25. The standard InChI is InChI=1S/C18H27N3O4/c1-13(2)24-17(22)16(19)12-14-4-6-15(7-5-14)25-18(23)21-10-8-20(3)9-11-21/h4-7,13,16H,8-12,19H2,1-3H3/t16-/m0/s1. The Balaban J connectivity index is 1.85. The van der Waals surface area contributed by atoms with E-state index < -0.39 is 12.0 Å². The van der Waals surface area contributed by atoms with Gasteiger partial charge in [-0.2, -0.15) is 0 Å². The van der Waals surface area contributed by atoms with E-state index in [1.807, 2.05) is 7.05 Å². The van der Waals surface area contributed by atoms with E-state index in [0.717, 1.165) is 18.7 Å². The molecule has 1 amide bonds. The van der Waals surface area contributed by atoms with Gasteiger partial charge in [-0.25, -0.2) is 4.79 Å². The molecule has 1 aromatic carbocycles. The van der Waals surface area contributed by atoms with Crippen LogP contribution >= 0.6 is 0 Å². The Labute approximate surface area is 148 Å². The molecular weight excluding hydrogens is 322 g/mol. The number of benzene rings is 1.